The van der Waals surface area contributed by atoms with Crippen molar-refractivity contribution in [3.05, 3.63) is 0 Å². The Morgan fingerprint density at radius 1 is 1.64 bits per heavy atom. The maximum atomic E-state index is 11.7. The Morgan fingerprint density at radius 3 is 3.00 bits per heavy atom. The molecule has 1 unspecified atom stereocenters. The molecule has 1 atom stereocenters. The molecule has 0 spiro atoms. The van der Waals surface area contributed by atoms with Gasteiger partial charge in [0.25, 0.3) is 0 Å². The number of nitrogens with one attached hydrogen (secondary N) is 2. The Labute approximate surface area is 85.4 Å². The van der Waals surface area contributed by atoms with E-state index in [0.717, 1.165) is 19.5 Å². The molecule has 1 aliphatic heterocycles. The predicted molar refractivity (Wildman–Crippen MR) is 55.1 cm³/mol. The summed E-state index contributed by atoms with van der Waals surface area (Å²) in [6.07, 6.45) is 0.924. The fourth-order valence-electron chi connectivity index (χ4n) is 1.61. The molecule has 4 nitrogen and oxygen atoms in total. The highest BCUT2D eigenvalue weighted by molar-refractivity contribution is 5.82. The van der Waals surface area contributed by atoms with Crippen LogP contribution in [0, 0.1) is 5.41 Å². The second-order valence-electron chi connectivity index (χ2n) is 3.94. The van der Waals surface area contributed by atoms with Crippen LogP contribution in [0.3, 0.4) is 0 Å². The summed E-state index contributed by atoms with van der Waals surface area (Å²) in [5, 5.41) is 6.10. The van der Waals surface area contributed by atoms with E-state index in [4.69, 9.17) is 4.74 Å². The van der Waals surface area contributed by atoms with Gasteiger partial charge in [-0.05, 0) is 26.8 Å². The lowest BCUT2D eigenvalue weighted by Crippen LogP contribution is -2.41. The molecular formula is C10H20N2O2. The standard InChI is InChI=1S/C10H20N2O2/c1-3-14-7-6-12-9(13)10(2)4-5-11-8-10/h11H,3-8H2,1-2H3,(H,12,13). The highest BCUT2D eigenvalue weighted by Gasteiger charge is 2.35. The van der Waals surface area contributed by atoms with E-state index >= 15 is 0 Å². The van der Waals surface area contributed by atoms with Gasteiger partial charge in [0.05, 0.1) is 12.0 Å². The van der Waals surface area contributed by atoms with Gasteiger partial charge in [0.1, 0.15) is 0 Å². The van der Waals surface area contributed by atoms with Gasteiger partial charge in [-0.25, -0.2) is 0 Å². The van der Waals surface area contributed by atoms with Crippen LogP contribution in [0.2, 0.25) is 0 Å². The topological polar surface area (TPSA) is 50.4 Å². The Hall–Kier alpha value is -0.610. The van der Waals surface area contributed by atoms with Crippen molar-refractivity contribution >= 4 is 5.91 Å². The zero-order valence-electron chi connectivity index (χ0n) is 9.06. The van der Waals surface area contributed by atoms with Gasteiger partial charge in [-0.2, -0.15) is 0 Å². The van der Waals surface area contributed by atoms with E-state index in [1.807, 2.05) is 13.8 Å². The van der Waals surface area contributed by atoms with Crippen molar-refractivity contribution in [2.75, 3.05) is 32.8 Å². The quantitative estimate of drug-likeness (QED) is 0.621. The van der Waals surface area contributed by atoms with E-state index in [-0.39, 0.29) is 11.3 Å². The highest BCUT2D eigenvalue weighted by Crippen LogP contribution is 2.24. The Balaban J connectivity index is 2.20. The summed E-state index contributed by atoms with van der Waals surface area (Å²) >= 11 is 0. The molecule has 1 amide bonds. The Kier molecular flexibility index (Phi) is 4.35. The van der Waals surface area contributed by atoms with Crippen molar-refractivity contribution in [3.63, 3.8) is 0 Å². The van der Waals surface area contributed by atoms with Crippen molar-refractivity contribution in [2.45, 2.75) is 20.3 Å². The van der Waals surface area contributed by atoms with Crippen LogP contribution in [0.15, 0.2) is 0 Å². The molecule has 1 saturated heterocycles. The lowest BCUT2D eigenvalue weighted by atomic mass is 9.89. The first-order valence-electron chi connectivity index (χ1n) is 5.26. The SMILES string of the molecule is CCOCCNC(=O)C1(C)CCNC1. The summed E-state index contributed by atoms with van der Waals surface area (Å²) in [5.74, 6) is 0.141. The van der Waals surface area contributed by atoms with Crippen molar-refractivity contribution in [2.24, 2.45) is 5.41 Å². The summed E-state index contributed by atoms with van der Waals surface area (Å²) in [6.45, 7) is 7.60. The molecule has 0 aromatic carbocycles. The second-order valence-corrected chi connectivity index (χ2v) is 3.94. The number of hydrogen-bond acceptors (Lipinski definition) is 3. The average molecular weight is 200 g/mol. The first-order chi connectivity index (χ1) is 6.69. The van der Waals surface area contributed by atoms with Crippen molar-refractivity contribution in [1.82, 2.24) is 10.6 Å². The van der Waals surface area contributed by atoms with Crippen LogP contribution in [0.25, 0.3) is 0 Å². The first-order valence-corrected chi connectivity index (χ1v) is 5.26. The van der Waals surface area contributed by atoms with E-state index in [1.54, 1.807) is 0 Å². The molecule has 0 bridgehead atoms. The van der Waals surface area contributed by atoms with Crippen LogP contribution in [0.4, 0.5) is 0 Å². The number of hydrogen-bond donors (Lipinski definition) is 2. The minimum atomic E-state index is -0.216. The van der Waals surface area contributed by atoms with Gasteiger partial charge in [0, 0.05) is 19.7 Å². The molecule has 1 fully saturated rings. The number of rotatable bonds is 5. The molecule has 1 aliphatic rings. The minimum absolute atomic E-state index is 0.141. The molecule has 0 saturated carbocycles. The fraction of sp³-hybridized carbons (Fsp3) is 0.900. The minimum Gasteiger partial charge on any atom is -0.380 e. The zero-order chi connectivity index (χ0) is 10.4. The normalized spacial score (nSPS) is 26.4. The van der Waals surface area contributed by atoms with Crippen LogP contribution in [-0.2, 0) is 9.53 Å². The zero-order valence-corrected chi connectivity index (χ0v) is 9.06. The molecule has 4 heteroatoms. The van der Waals surface area contributed by atoms with Gasteiger partial charge in [0.15, 0.2) is 0 Å². The smallest absolute Gasteiger partial charge is 0.227 e. The van der Waals surface area contributed by atoms with E-state index < -0.39 is 0 Å². The summed E-state index contributed by atoms with van der Waals surface area (Å²) in [7, 11) is 0. The third-order valence-electron chi connectivity index (χ3n) is 2.65. The monoisotopic (exact) mass is 200 g/mol. The number of carbonyl (C=O) groups excluding carboxylic acids is 1. The highest BCUT2D eigenvalue weighted by atomic mass is 16.5. The maximum absolute atomic E-state index is 11.7. The molecule has 2 N–H and O–H groups in total. The van der Waals surface area contributed by atoms with Crippen LogP contribution < -0.4 is 10.6 Å². The van der Waals surface area contributed by atoms with Crippen molar-refractivity contribution in [1.29, 1.82) is 0 Å². The largest absolute Gasteiger partial charge is 0.380 e. The van der Waals surface area contributed by atoms with Crippen LogP contribution >= 0.6 is 0 Å². The van der Waals surface area contributed by atoms with Gasteiger partial charge in [0.2, 0.25) is 5.91 Å². The van der Waals surface area contributed by atoms with Crippen LogP contribution in [-0.4, -0.2) is 38.8 Å². The molecule has 1 rings (SSSR count). The van der Waals surface area contributed by atoms with Crippen molar-refractivity contribution in [3.8, 4) is 0 Å². The predicted octanol–water partition coefficient (Wildman–Crippen LogP) is 0.139. The van der Waals surface area contributed by atoms with Crippen LogP contribution in [0.1, 0.15) is 20.3 Å². The molecular weight excluding hydrogens is 180 g/mol. The van der Waals surface area contributed by atoms with Gasteiger partial charge in [-0.3, -0.25) is 4.79 Å². The molecule has 0 aromatic rings. The summed E-state index contributed by atoms with van der Waals surface area (Å²) < 4.78 is 5.15. The molecule has 0 radical (unpaired) electrons. The summed E-state index contributed by atoms with van der Waals surface area (Å²) in [6, 6.07) is 0. The molecule has 82 valence electrons. The fourth-order valence-corrected chi connectivity index (χ4v) is 1.61. The van der Waals surface area contributed by atoms with E-state index in [9.17, 15) is 4.79 Å². The lowest BCUT2D eigenvalue weighted by molar-refractivity contribution is -0.129. The van der Waals surface area contributed by atoms with E-state index in [1.165, 1.54) is 0 Å². The third kappa shape index (κ3) is 2.96. The second kappa shape index (κ2) is 5.32. The molecule has 0 aliphatic carbocycles. The number of carbonyl (C=O) groups is 1. The third-order valence-corrected chi connectivity index (χ3v) is 2.65. The summed E-state index contributed by atoms with van der Waals surface area (Å²) in [5.41, 5.74) is -0.216. The Morgan fingerprint density at radius 2 is 2.43 bits per heavy atom. The first kappa shape index (κ1) is 11.5. The maximum Gasteiger partial charge on any atom is 0.227 e. The van der Waals surface area contributed by atoms with Gasteiger partial charge in [-0.1, -0.05) is 0 Å². The summed E-state index contributed by atoms with van der Waals surface area (Å²) in [4.78, 5) is 11.7. The van der Waals surface area contributed by atoms with Gasteiger partial charge in [-0.15, -0.1) is 0 Å². The molecule has 0 aromatic heterocycles. The van der Waals surface area contributed by atoms with E-state index in [2.05, 4.69) is 10.6 Å². The number of amides is 1. The Bertz CT molecular complexity index is 189. The van der Waals surface area contributed by atoms with Crippen LogP contribution in [0.5, 0.6) is 0 Å². The van der Waals surface area contributed by atoms with Gasteiger partial charge < -0.3 is 15.4 Å². The average Bonchev–Trinajstić information content (AvgIpc) is 2.61. The number of ether oxygens (including phenoxy) is 1. The van der Waals surface area contributed by atoms with Gasteiger partial charge >= 0.3 is 0 Å². The molecule has 14 heavy (non-hydrogen) atoms. The lowest BCUT2D eigenvalue weighted by Gasteiger charge is -2.21. The van der Waals surface area contributed by atoms with Crippen molar-refractivity contribution < 1.29 is 9.53 Å². The van der Waals surface area contributed by atoms with E-state index in [0.29, 0.717) is 19.8 Å². The molecule has 1 heterocycles.